The molecule has 0 aromatic rings. The van der Waals surface area contributed by atoms with Gasteiger partial charge in [-0.1, -0.05) is 27.7 Å². The van der Waals surface area contributed by atoms with Crippen molar-refractivity contribution in [3.8, 4) is 0 Å². The van der Waals surface area contributed by atoms with E-state index in [1.54, 1.807) is 27.8 Å². The lowest BCUT2D eigenvalue weighted by Gasteiger charge is -2.23. The Morgan fingerprint density at radius 1 is 1.06 bits per heavy atom. The number of hydrogen-bond donors (Lipinski definition) is 2. The summed E-state index contributed by atoms with van der Waals surface area (Å²) in [5, 5.41) is 4.31. The Morgan fingerprint density at radius 3 is 1.94 bits per heavy atom. The van der Waals surface area contributed by atoms with E-state index in [1.165, 1.54) is 5.01 Å². The van der Waals surface area contributed by atoms with Gasteiger partial charge in [0.25, 0.3) is 5.91 Å². The minimum Gasteiger partial charge on any atom is -0.304 e. The van der Waals surface area contributed by atoms with E-state index in [1.807, 2.05) is 13.8 Å². The molecule has 5 heteroatoms. The van der Waals surface area contributed by atoms with Crippen LogP contribution < -0.4 is 10.7 Å². The summed E-state index contributed by atoms with van der Waals surface area (Å²) in [5.74, 6) is -0.436. The van der Waals surface area contributed by atoms with Crippen molar-refractivity contribution in [2.75, 3.05) is 7.05 Å². The van der Waals surface area contributed by atoms with Crippen molar-refractivity contribution >= 4 is 11.8 Å². The quantitative estimate of drug-likeness (QED) is 0.691. The van der Waals surface area contributed by atoms with E-state index in [2.05, 4.69) is 10.7 Å². The zero-order valence-corrected chi connectivity index (χ0v) is 11.0. The van der Waals surface area contributed by atoms with E-state index in [0.29, 0.717) is 0 Å². The third kappa shape index (κ3) is 5.11. The Labute approximate surface area is 97.5 Å². The first-order valence-corrected chi connectivity index (χ1v) is 5.59. The lowest BCUT2D eigenvalue weighted by molar-refractivity contribution is -0.142. The number of hydrazine groups is 1. The Bertz CT molecular complexity index is 252. The highest BCUT2D eigenvalue weighted by Gasteiger charge is 2.19. The summed E-state index contributed by atoms with van der Waals surface area (Å²) in [5.41, 5.74) is 2.55. The van der Waals surface area contributed by atoms with E-state index >= 15 is 0 Å². The second-order valence-corrected chi connectivity index (χ2v) is 4.57. The maximum atomic E-state index is 11.6. The van der Waals surface area contributed by atoms with Crippen LogP contribution in [0.3, 0.4) is 0 Å². The van der Waals surface area contributed by atoms with Crippen LogP contribution in [0.15, 0.2) is 0 Å². The standard InChI is InChI=1S/C11H23N3O2/c1-7(2)11(16)14(6)13-10(15)9(5)12-8(3)4/h7-9,12H,1-6H3,(H,13,15). The Morgan fingerprint density at radius 2 is 1.56 bits per heavy atom. The Balaban J connectivity index is 4.18. The summed E-state index contributed by atoms with van der Waals surface area (Å²) in [6.45, 7) is 9.28. The molecule has 0 fully saturated rings. The van der Waals surface area contributed by atoms with Gasteiger partial charge in [0.2, 0.25) is 5.91 Å². The number of nitrogens with one attached hydrogen (secondary N) is 2. The lowest BCUT2D eigenvalue weighted by Crippen LogP contribution is -2.52. The van der Waals surface area contributed by atoms with Gasteiger partial charge in [0.05, 0.1) is 6.04 Å². The molecule has 0 rings (SSSR count). The fourth-order valence-electron chi connectivity index (χ4n) is 1.28. The van der Waals surface area contributed by atoms with Gasteiger partial charge in [0.15, 0.2) is 0 Å². The summed E-state index contributed by atoms with van der Waals surface area (Å²) in [6.07, 6.45) is 0. The zero-order valence-electron chi connectivity index (χ0n) is 11.0. The molecule has 0 spiro atoms. The highest BCUT2D eigenvalue weighted by atomic mass is 16.2. The van der Waals surface area contributed by atoms with Crippen LogP contribution in [0.4, 0.5) is 0 Å². The second-order valence-electron chi connectivity index (χ2n) is 4.57. The highest BCUT2D eigenvalue weighted by Crippen LogP contribution is 1.96. The SMILES string of the molecule is CC(C)NC(C)C(=O)NN(C)C(=O)C(C)C. The maximum absolute atomic E-state index is 11.6. The molecule has 2 N–H and O–H groups in total. The first kappa shape index (κ1) is 14.9. The monoisotopic (exact) mass is 229 g/mol. The van der Waals surface area contributed by atoms with Crippen LogP contribution in [0.1, 0.15) is 34.6 Å². The van der Waals surface area contributed by atoms with Crippen LogP contribution in [-0.4, -0.2) is 36.0 Å². The first-order chi connectivity index (χ1) is 7.25. The Kier molecular flexibility index (Phi) is 6.03. The molecule has 0 heterocycles. The molecule has 2 amide bonds. The number of nitrogens with zero attached hydrogens (tertiary/aromatic N) is 1. The van der Waals surface area contributed by atoms with E-state index in [-0.39, 0.29) is 29.8 Å². The van der Waals surface area contributed by atoms with Crippen molar-refractivity contribution in [1.82, 2.24) is 15.8 Å². The summed E-state index contributed by atoms with van der Waals surface area (Å²) in [7, 11) is 1.56. The van der Waals surface area contributed by atoms with Gasteiger partial charge in [-0.25, -0.2) is 0 Å². The van der Waals surface area contributed by atoms with E-state index in [0.717, 1.165) is 0 Å². The summed E-state index contributed by atoms with van der Waals surface area (Å²) in [4.78, 5) is 23.2. The topological polar surface area (TPSA) is 61.4 Å². The van der Waals surface area contributed by atoms with Crippen LogP contribution >= 0.6 is 0 Å². The second kappa shape index (κ2) is 6.48. The van der Waals surface area contributed by atoms with Gasteiger partial charge in [0.1, 0.15) is 0 Å². The molecule has 1 unspecified atom stereocenters. The van der Waals surface area contributed by atoms with Gasteiger partial charge < -0.3 is 5.32 Å². The van der Waals surface area contributed by atoms with Crippen LogP contribution in [0, 0.1) is 5.92 Å². The zero-order chi connectivity index (χ0) is 12.9. The lowest BCUT2D eigenvalue weighted by atomic mass is 10.2. The van der Waals surface area contributed by atoms with Gasteiger partial charge in [-0.2, -0.15) is 0 Å². The van der Waals surface area contributed by atoms with Crippen molar-refractivity contribution in [3.05, 3.63) is 0 Å². The molecule has 0 aliphatic carbocycles. The first-order valence-electron chi connectivity index (χ1n) is 5.59. The van der Waals surface area contributed by atoms with E-state index in [9.17, 15) is 9.59 Å². The van der Waals surface area contributed by atoms with Gasteiger partial charge >= 0.3 is 0 Å². The summed E-state index contributed by atoms with van der Waals surface area (Å²) < 4.78 is 0. The van der Waals surface area contributed by atoms with E-state index < -0.39 is 0 Å². The normalized spacial score (nSPS) is 12.8. The van der Waals surface area contributed by atoms with Crippen LogP contribution in [-0.2, 0) is 9.59 Å². The average molecular weight is 229 g/mol. The predicted molar refractivity (Wildman–Crippen MR) is 63.5 cm³/mol. The molecule has 1 atom stereocenters. The summed E-state index contributed by atoms with van der Waals surface area (Å²) in [6, 6.07) is -0.0886. The largest absolute Gasteiger partial charge is 0.304 e. The van der Waals surface area contributed by atoms with Crippen molar-refractivity contribution < 1.29 is 9.59 Å². The molecular weight excluding hydrogens is 206 g/mol. The van der Waals surface area contributed by atoms with Gasteiger partial charge in [-0.15, -0.1) is 0 Å². The molecule has 0 bridgehead atoms. The molecule has 0 saturated heterocycles. The molecule has 5 nitrogen and oxygen atoms in total. The number of carbonyl (C=O) groups excluding carboxylic acids is 2. The molecule has 0 saturated carbocycles. The highest BCUT2D eigenvalue weighted by molar-refractivity contribution is 5.85. The smallest absolute Gasteiger partial charge is 0.255 e. The maximum Gasteiger partial charge on any atom is 0.255 e. The average Bonchev–Trinajstić information content (AvgIpc) is 2.14. The molecule has 0 radical (unpaired) electrons. The van der Waals surface area contributed by atoms with Gasteiger partial charge in [-0.05, 0) is 6.92 Å². The number of amides is 2. The number of rotatable bonds is 4. The van der Waals surface area contributed by atoms with Gasteiger partial charge in [-0.3, -0.25) is 20.0 Å². The van der Waals surface area contributed by atoms with E-state index in [4.69, 9.17) is 0 Å². The van der Waals surface area contributed by atoms with Crippen molar-refractivity contribution in [2.45, 2.75) is 46.7 Å². The fourth-order valence-corrected chi connectivity index (χ4v) is 1.28. The third-order valence-electron chi connectivity index (χ3n) is 2.08. The predicted octanol–water partition coefficient (Wildman–Crippen LogP) is 0.519. The third-order valence-corrected chi connectivity index (χ3v) is 2.08. The Hall–Kier alpha value is -1.10. The molecular formula is C11H23N3O2. The van der Waals surface area contributed by atoms with Gasteiger partial charge in [0, 0.05) is 19.0 Å². The summed E-state index contributed by atoms with van der Waals surface area (Å²) >= 11 is 0. The molecule has 0 aliphatic heterocycles. The number of carbonyl (C=O) groups is 2. The minimum atomic E-state index is -0.317. The van der Waals surface area contributed by atoms with Crippen LogP contribution in [0.25, 0.3) is 0 Å². The molecule has 0 aliphatic rings. The fraction of sp³-hybridized carbons (Fsp3) is 0.818. The van der Waals surface area contributed by atoms with Crippen molar-refractivity contribution in [3.63, 3.8) is 0 Å². The minimum absolute atomic E-state index is 0.106. The molecule has 0 aromatic heterocycles. The molecule has 0 aromatic carbocycles. The molecule has 16 heavy (non-hydrogen) atoms. The van der Waals surface area contributed by atoms with Crippen molar-refractivity contribution in [1.29, 1.82) is 0 Å². The number of hydrogen-bond acceptors (Lipinski definition) is 3. The molecule has 94 valence electrons. The van der Waals surface area contributed by atoms with Crippen LogP contribution in [0.5, 0.6) is 0 Å². The van der Waals surface area contributed by atoms with Crippen LogP contribution in [0.2, 0.25) is 0 Å². The van der Waals surface area contributed by atoms with Crippen molar-refractivity contribution in [2.24, 2.45) is 5.92 Å².